The minimum absolute atomic E-state index is 0.0488. The number of ether oxygens (including phenoxy) is 2. The van der Waals surface area contributed by atoms with Crippen LogP contribution in [0.5, 0.6) is 11.5 Å². The van der Waals surface area contributed by atoms with E-state index in [0.717, 1.165) is 22.6 Å². The van der Waals surface area contributed by atoms with Gasteiger partial charge in [0.1, 0.15) is 11.5 Å². The van der Waals surface area contributed by atoms with Crippen LogP contribution in [-0.2, 0) is 6.54 Å². The SMILES string of the molecule is COc1cccc(CNC(=O)NCC(c2cccc(OC)c2)N(C)C)c1. The molecule has 0 bridgehead atoms. The molecule has 140 valence electrons. The smallest absolute Gasteiger partial charge is 0.315 e. The van der Waals surface area contributed by atoms with Crippen LogP contribution in [0, 0.1) is 0 Å². The third-order valence-corrected chi connectivity index (χ3v) is 4.15. The molecular weight excluding hydrogens is 330 g/mol. The molecule has 2 aromatic carbocycles. The van der Waals surface area contributed by atoms with E-state index in [4.69, 9.17) is 9.47 Å². The average Bonchev–Trinajstić information content (AvgIpc) is 2.66. The highest BCUT2D eigenvalue weighted by atomic mass is 16.5. The molecule has 0 radical (unpaired) electrons. The molecule has 26 heavy (non-hydrogen) atoms. The minimum Gasteiger partial charge on any atom is -0.497 e. The zero-order chi connectivity index (χ0) is 18.9. The van der Waals surface area contributed by atoms with Crippen molar-refractivity contribution in [2.24, 2.45) is 0 Å². The molecule has 1 unspecified atom stereocenters. The van der Waals surface area contributed by atoms with Gasteiger partial charge in [-0.1, -0.05) is 24.3 Å². The number of carbonyl (C=O) groups excluding carboxylic acids is 1. The molecule has 2 rings (SSSR count). The lowest BCUT2D eigenvalue weighted by atomic mass is 10.1. The molecule has 0 aliphatic carbocycles. The summed E-state index contributed by atoms with van der Waals surface area (Å²) < 4.78 is 10.5. The summed E-state index contributed by atoms with van der Waals surface area (Å²) >= 11 is 0. The molecule has 6 heteroatoms. The van der Waals surface area contributed by atoms with Gasteiger partial charge in [0, 0.05) is 13.1 Å². The van der Waals surface area contributed by atoms with Crippen molar-refractivity contribution in [3.05, 3.63) is 59.7 Å². The molecule has 0 saturated heterocycles. The molecule has 0 saturated carbocycles. The minimum atomic E-state index is -0.206. The van der Waals surface area contributed by atoms with Crippen molar-refractivity contribution >= 4 is 6.03 Å². The van der Waals surface area contributed by atoms with E-state index < -0.39 is 0 Å². The number of hydrogen-bond donors (Lipinski definition) is 2. The van der Waals surface area contributed by atoms with Gasteiger partial charge in [-0.15, -0.1) is 0 Å². The summed E-state index contributed by atoms with van der Waals surface area (Å²) in [5, 5.41) is 5.80. The van der Waals surface area contributed by atoms with Gasteiger partial charge >= 0.3 is 6.03 Å². The van der Waals surface area contributed by atoms with Crippen LogP contribution in [0.25, 0.3) is 0 Å². The number of methoxy groups -OCH3 is 2. The van der Waals surface area contributed by atoms with Crippen LogP contribution in [0.2, 0.25) is 0 Å². The van der Waals surface area contributed by atoms with Gasteiger partial charge < -0.3 is 25.0 Å². The third kappa shape index (κ3) is 5.67. The largest absolute Gasteiger partial charge is 0.497 e. The predicted molar refractivity (Wildman–Crippen MR) is 103 cm³/mol. The molecule has 2 amide bonds. The van der Waals surface area contributed by atoms with Crippen molar-refractivity contribution < 1.29 is 14.3 Å². The molecular formula is C20H27N3O3. The lowest BCUT2D eigenvalue weighted by Crippen LogP contribution is -2.40. The van der Waals surface area contributed by atoms with Gasteiger partial charge in [-0.2, -0.15) is 0 Å². The monoisotopic (exact) mass is 357 g/mol. The van der Waals surface area contributed by atoms with E-state index in [2.05, 4.69) is 15.5 Å². The Morgan fingerprint density at radius 1 is 1.00 bits per heavy atom. The molecule has 6 nitrogen and oxygen atoms in total. The van der Waals surface area contributed by atoms with Crippen LogP contribution in [-0.4, -0.2) is 45.8 Å². The van der Waals surface area contributed by atoms with Gasteiger partial charge in [0.15, 0.2) is 0 Å². The highest BCUT2D eigenvalue weighted by Crippen LogP contribution is 2.22. The first-order valence-corrected chi connectivity index (χ1v) is 8.48. The first-order chi connectivity index (χ1) is 12.5. The van der Waals surface area contributed by atoms with Crippen LogP contribution >= 0.6 is 0 Å². The molecule has 0 spiro atoms. The fourth-order valence-corrected chi connectivity index (χ4v) is 2.66. The highest BCUT2D eigenvalue weighted by Gasteiger charge is 2.16. The van der Waals surface area contributed by atoms with Crippen molar-refractivity contribution in [3.63, 3.8) is 0 Å². The number of amides is 2. The number of urea groups is 1. The van der Waals surface area contributed by atoms with Gasteiger partial charge in [-0.25, -0.2) is 4.79 Å². The Hall–Kier alpha value is -2.73. The van der Waals surface area contributed by atoms with Crippen LogP contribution in [0.1, 0.15) is 17.2 Å². The van der Waals surface area contributed by atoms with Gasteiger partial charge in [0.05, 0.1) is 20.3 Å². The summed E-state index contributed by atoms with van der Waals surface area (Å²) in [6.07, 6.45) is 0. The second-order valence-corrected chi connectivity index (χ2v) is 6.17. The molecule has 0 fully saturated rings. The summed E-state index contributed by atoms with van der Waals surface area (Å²) in [6.45, 7) is 0.929. The van der Waals surface area contributed by atoms with Crippen molar-refractivity contribution in [3.8, 4) is 11.5 Å². The van der Waals surface area contributed by atoms with Gasteiger partial charge in [0.2, 0.25) is 0 Å². The third-order valence-electron chi connectivity index (χ3n) is 4.15. The molecule has 2 aromatic rings. The molecule has 2 N–H and O–H groups in total. The number of nitrogens with one attached hydrogen (secondary N) is 2. The number of likely N-dealkylation sites (N-methyl/N-ethyl adjacent to an activating group) is 1. The Kier molecular flexibility index (Phi) is 7.29. The summed E-state index contributed by atoms with van der Waals surface area (Å²) in [4.78, 5) is 14.2. The maximum atomic E-state index is 12.2. The first-order valence-electron chi connectivity index (χ1n) is 8.48. The van der Waals surface area contributed by atoms with Crippen LogP contribution < -0.4 is 20.1 Å². The first kappa shape index (κ1) is 19.6. The van der Waals surface area contributed by atoms with Crippen molar-refractivity contribution in [1.29, 1.82) is 0 Å². The highest BCUT2D eigenvalue weighted by molar-refractivity contribution is 5.73. The van der Waals surface area contributed by atoms with E-state index in [1.807, 2.05) is 62.6 Å². The zero-order valence-corrected chi connectivity index (χ0v) is 15.8. The maximum absolute atomic E-state index is 12.2. The Morgan fingerprint density at radius 3 is 2.31 bits per heavy atom. The number of benzene rings is 2. The van der Waals surface area contributed by atoms with E-state index in [9.17, 15) is 4.79 Å². The van der Waals surface area contributed by atoms with Gasteiger partial charge in [-0.05, 0) is 49.5 Å². The second-order valence-electron chi connectivity index (χ2n) is 6.17. The van der Waals surface area contributed by atoms with Crippen LogP contribution in [0.15, 0.2) is 48.5 Å². The van der Waals surface area contributed by atoms with Crippen molar-refractivity contribution in [1.82, 2.24) is 15.5 Å². The normalized spacial score (nSPS) is 11.7. The average molecular weight is 357 g/mol. The van der Waals surface area contributed by atoms with Crippen molar-refractivity contribution in [2.45, 2.75) is 12.6 Å². The molecule has 0 aliphatic rings. The predicted octanol–water partition coefficient (Wildman–Crippen LogP) is 2.81. The summed E-state index contributed by atoms with van der Waals surface area (Å²) in [5.74, 6) is 1.58. The standard InChI is InChI=1S/C20H27N3O3/c1-23(2)19(16-8-6-10-18(12-16)26-4)14-22-20(24)21-13-15-7-5-9-17(11-15)25-3/h5-12,19H,13-14H2,1-4H3,(H2,21,22,24). The number of hydrogen-bond acceptors (Lipinski definition) is 4. The second kappa shape index (κ2) is 9.68. The zero-order valence-electron chi connectivity index (χ0n) is 15.8. The topological polar surface area (TPSA) is 62.8 Å². The maximum Gasteiger partial charge on any atom is 0.315 e. The van der Waals surface area contributed by atoms with E-state index in [1.54, 1.807) is 14.2 Å². The Labute approximate surface area is 155 Å². The lowest BCUT2D eigenvalue weighted by molar-refractivity contribution is 0.232. The Balaban J connectivity index is 1.90. The summed E-state index contributed by atoms with van der Waals surface area (Å²) in [5.41, 5.74) is 2.07. The van der Waals surface area contributed by atoms with E-state index in [-0.39, 0.29) is 12.1 Å². The van der Waals surface area contributed by atoms with Crippen molar-refractivity contribution in [2.75, 3.05) is 34.9 Å². The molecule has 0 aliphatic heterocycles. The fourth-order valence-electron chi connectivity index (χ4n) is 2.66. The number of nitrogens with zero attached hydrogens (tertiary/aromatic N) is 1. The molecule has 0 heterocycles. The summed E-state index contributed by atoms with van der Waals surface area (Å²) in [6, 6.07) is 15.3. The molecule has 1 atom stereocenters. The van der Waals surface area contributed by atoms with E-state index in [1.165, 1.54) is 0 Å². The Morgan fingerprint density at radius 2 is 1.65 bits per heavy atom. The Bertz CT molecular complexity index is 719. The summed E-state index contributed by atoms with van der Waals surface area (Å²) in [7, 11) is 7.24. The van der Waals surface area contributed by atoms with E-state index in [0.29, 0.717) is 13.1 Å². The fraction of sp³-hybridized carbons (Fsp3) is 0.350. The number of carbonyl (C=O) groups is 1. The van der Waals surface area contributed by atoms with E-state index >= 15 is 0 Å². The lowest BCUT2D eigenvalue weighted by Gasteiger charge is -2.25. The quantitative estimate of drug-likeness (QED) is 0.763. The van der Waals surface area contributed by atoms with Gasteiger partial charge in [0.25, 0.3) is 0 Å². The van der Waals surface area contributed by atoms with Crippen LogP contribution in [0.3, 0.4) is 0 Å². The van der Waals surface area contributed by atoms with Gasteiger partial charge in [-0.3, -0.25) is 0 Å². The number of rotatable bonds is 8. The molecule has 0 aromatic heterocycles. The van der Waals surface area contributed by atoms with Crippen LogP contribution in [0.4, 0.5) is 4.79 Å².